The van der Waals surface area contributed by atoms with Gasteiger partial charge in [0.2, 0.25) is 0 Å². The van der Waals surface area contributed by atoms with Gasteiger partial charge >= 0.3 is 0 Å². The van der Waals surface area contributed by atoms with E-state index in [2.05, 4.69) is 21.5 Å². The average molecular weight is 367 g/mol. The fourth-order valence-electron chi connectivity index (χ4n) is 2.77. The highest BCUT2D eigenvalue weighted by Gasteiger charge is 2.28. The van der Waals surface area contributed by atoms with Crippen molar-refractivity contribution in [3.8, 4) is 5.75 Å². The standard InChI is InChI=1S/C16H19ClN4O2S/c1-2-4-13-15(24-20-19-13)16(22)21-8-3-5-11(10-21)23-14-6-7-18-9-12(14)17/h6-7,9,11H,2-5,8,10H2,1H3. The molecular formula is C16H19ClN4O2S. The number of aryl methyl sites for hydroxylation is 1. The Morgan fingerprint density at radius 2 is 2.42 bits per heavy atom. The molecule has 1 aliphatic rings. The van der Waals surface area contributed by atoms with Gasteiger partial charge in [0, 0.05) is 25.0 Å². The monoisotopic (exact) mass is 366 g/mol. The number of carbonyl (C=O) groups excluding carboxylic acids is 1. The van der Waals surface area contributed by atoms with Crippen LogP contribution in [0.2, 0.25) is 5.02 Å². The third-order valence-electron chi connectivity index (χ3n) is 3.93. The molecule has 3 rings (SSSR count). The molecule has 1 atom stereocenters. The van der Waals surface area contributed by atoms with Crippen molar-refractivity contribution in [3.63, 3.8) is 0 Å². The summed E-state index contributed by atoms with van der Waals surface area (Å²) in [6.07, 6.45) is 6.64. The van der Waals surface area contributed by atoms with Crippen LogP contribution in [-0.2, 0) is 6.42 Å². The molecule has 8 heteroatoms. The zero-order valence-corrected chi connectivity index (χ0v) is 15.0. The van der Waals surface area contributed by atoms with Gasteiger partial charge in [0.15, 0.2) is 0 Å². The number of halogens is 1. The largest absolute Gasteiger partial charge is 0.487 e. The van der Waals surface area contributed by atoms with Crippen LogP contribution in [0, 0.1) is 0 Å². The summed E-state index contributed by atoms with van der Waals surface area (Å²) in [5.74, 6) is 0.611. The van der Waals surface area contributed by atoms with Crippen LogP contribution in [0.25, 0.3) is 0 Å². The summed E-state index contributed by atoms with van der Waals surface area (Å²) >= 11 is 7.27. The minimum atomic E-state index is -0.0712. The fourth-order valence-corrected chi connectivity index (χ4v) is 3.61. The molecule has 2 aromatic rings. The Labute approximate surface area is 150 Å². The quantitative estimate of drug-likeness (QED) is 0.812. The van der Waals surface area contributed by atoms with E-state index in [1.54, 1.807) is 18.5 Å². The van der Waals surface area contributed by atoms with Gasteiger partial charge in [0.25, 0.3) is 5.91 Å². The molecule has 0 aromatic carbocycles. The first-order valence-electron chi connectivity index (χ1n) is 8.05. The highest BCUT2D eigenvalue weighted by Crippen LogP contribution is 2.26. The van der Waals surface area contributed by atoms with E-state index in [-0.39, 0.29) is 12.0 Å². The lowest BCUT2D eigenvalue weighted by atomic mass is 10.1. The molecule has 3 heterocycles. The summed E-state index contributed by atoms with van der Waals surface area (Å²) in [5, 5.41) is 4.57. The molecule has 1 aliphatic heterocycles. The molecule has 6 nitrogen and oxygen atoms in total. The van der Waals surface area contributed by atoms with Crippen LogP contribution in [0.3, 0.4) is 0 Å². The molecule has 128 valence electrons. The first kappa shape index (κ1) is 17.1. The van der Waals surface area contributed by atoms with E-state index in [1.165, 1.54) is 11.5 Å². The lowest BCUT2D eigenvalue weighted by Gasteiger charge is -2.32. The number of ether oxygens (including phenoxy) is 1. The van der Waals surface area contributed by atoms with Crippen LogP contribution in [-0.4, -0.2) is 44.6 Å². The van der Waals surface area contributed by atoms with Gasteiger partial charge in [-0.05, 0) is 30.8 Å². The van der Waals surface area contributed by atoms with Crippen LogP contribution in [0.4, 0.5) is 0 Å². The van der Waals surface area contributed by atoms with Crippen molar-refractivity contribution < 1.29 is 9.53 Å². The molecule has 0 spiro atoms. The summed E-state index contributed by atoms with van der Waals surface area (Å²) in [5.41, 5.74) is 0.799. The molecule has 1 fully saturated rings. The van der Waals surface area contributed by atoms with Crippen molar-refractivity contribution in [2.24, 2.45) is 0 Å². The lowest BCUT2D eigenvalue weighted by molar-refractivity contribution is 0.0541. The van der Waals surface area contributed by atoms with Gasteiger partial charge in [-0.1, -0.05) is 29.4 Å². The van der Waals surface area contributed by atoms with Crippen molar-refractivity contribution in [2.75, 3.05) is 13.1 Å². The molecule has 1 unspecified atom stereocenters. The number of piperidine rings is 1. The highest BCUT2D eigenvalue weighted by atomic mass is 35.5. The number of amides is 1. The molecule has 1 amide bonds. The normalized spacial score (nSPS) is 17.8. The van der Waals surface area contributed by atoms with Crippen molar-refractivity contribution in [3.05, 3.63) is 34.1 Å². The van der Waals surface area contributed by atoms with E-state index in [1.807, 2.05) is 4.90 Å². The maximum absolute atomic E-state index is 12.8. The first-order chi connectivity index (χ1) is 11.7. The highest BCUT2D eigenvalue weighted by molar-refractivity contribution is 7.08. The molecule has 0 radical (unpaired) electrons. The summed E-state index contributed by atoms with van der Waals surface area (Å²) < 4.78 is 9.91. The maximum Gasteiger partial charge on any atom is 0.267 e. The second-order valence-corrected chi connectivity index (χ2v) is 6.90. The summed E-state index contributed by atoms with van der Waals surface area (Å²) in [6.45, 7) is 3.34. The number of nitrogens with zero attached hydrogens (tertiary/aromatic N) is 4. The van der Waals surface area contributed by atoms with E-state index < -0.39 is 0 Å². The minimum absolute atomic E-state index is 0.00238. The number of pyridine rings is 1. The first-order valence-corrected chi connectivity index (χ1v) is 9.20. The van der Waals surface area contributed by atoms with E-state index in [0.29, 0.717) is 22.2 Å². The van der Waals surface area contributed by atoms with Crippen LogP contribution < -0.4 is 4.74 Å². The van der Waals surface area contributed by atoms with E-state index in [4.69, 9.17) is 16.3 Å². The molecular weight excluding hydrogens is 348 g/mol. The van der Waals surface area contributed by atoms with Gasteiger partial charge in [-0.3, -0.25) is 9.78 Å². The third kappa shape index (κ3) is 3.84. The fraction of sp³-hybridized carbons (Fsp3) is 0.500. The Balaban J connectivity index is 1.68. The van der Waals surface area contributed by atoms with E-state index in [0.717, 1.165) is 37.9 Å². The van der Waals surface area contributed by atoms with Gasteiger partial charge in [0.05, 0.1) is 12.2 Å². The van der Waals surface area contributed by atoms with Crippen LogP contribution in [0.5, 0.6) is 5.75 Å². The number of carbonyl (C=O) groups is 1. The van der Waals surface area contributed by atoms with Gasteiger partial charge in [-0.25, -0.2) is 0 Å². The van der Waals surface area contributed by atoms with Gasteiger partial charge < -0.3 is 9.64 Å². The minimum Gasteiger partial charge on any atom is -0.487 e. The number of rotatable bonds is 5. The van der Waals surface area contributed by atoms with Gasteiger partial charge in [-0.15, -0.1) is 5.10 Å². The maximum atomic E-state index is 12.8. The van der Waals surface area contributed by atoms with Gasteiger partial charge in [0.1, 0.15) is 21.8 Å². The number of likely N-dealkylation sites (tertiary alicyclic amines) is 1. The zero-order chi connectivity index (χ0) is 16.9. The van der Waals surface area contributed by atoms with Crippen molar-refractivity contribution in [1.29, 1.82) is 0 Å². The van der Waals surface area contributed by atoms with Gasteiger partial charge in [-0.2, -0.15) is 0 Å². The smallest absolute Gasteiger partial charge is 0.267 e. The van der Waals surface area contributed by atoms with E-state index in [9.17, 15) is 4.79 Å². The average Bonchev–Trinajstić information content (AvgIpc) is 3.05. The van der Waals surface area contributed by atoms with Crippen LogP contribution in [0.1, 0.15) is 41.6 Å². The predicted molar refractivity (Wildman–Crippen MR) is 92.7 cm³/mol. The molecule has 2 aromatic heterocycles. The van der Waals surface area contributed by atoms with Crippen molar-refractivity contribution in [2.45, 2.75) is 38.7 Å². The SMILES string of the molecule is CCCc1nnsc1C(=O)N1CCCC(Oc2ccncc2Cl)C1. The molecule has 0 saturated carbocycles. The number of hydrogen-bond acceptors (Lipinski definition) is 6. The topological polar surface area (TPSA) is 68.2 Å². The zero-order valence-electron chi connectivity index (χ0n) is 13.4. The lowest BCUT2D eigenvalue weighted by Crippen LogP contribution is -2.44. The van der Waals surface area contributed by atoms with Crippen LogP contribution >= 0.6 is 23.1 Å². The Morgan fingerprint density at radius 1 is 1.54 bits per heavy atom. The Kier molecular flexibility index (Phi) is 5.63. The number of hydrogen-bond donors (Lipinski definition) is 0. The van der Waals surface area contributed by atoms with Crippen molar-refractivity contribution in [1.82, 2.24) is 19.5 Å². The predicted octanol–water partition coefficient (Wildman–Crippen LogP) is 3.22. The Morgan fingerprint density at radius 3 is 3.21 bits per heavy atom. The second-order valence-electron chi connectivity index (χ2n) is 5.74. The number of aromatic nitrogens is 3. The Hall–Kier alpha value is -1.73. The van der Waals surface area contributed by atoms with Crippen molar-refractivity contribution >= 4 is 29.0 Å². The molecule has 24 heavy (non-hydrogen) atoms. The second kappa shape index (κ2) is 7.90. The van der Waals surface area contributed by atoms with E-state index >= 15 is 0 Å². The molecule has 0 N–H and O–H groups in total. The summed E-state index contributed by atoms with van der Waals surface area (Å²) in [6, 6.07) is 1.75. The summed E-state index contributed by atoms with van der Waals surface area (Å²) in [4.78, 5) is 19.2. The molecule has 0 bridgehead atoms. The Bertz CT molecular complexity index is 709. The van der Waals surface area contributed by atoms with Crippen LogP contribution in [0.15, 0.2) is 18.5 Å². The summed E-state index contributed by atoms with van der Waals surface area (Å²) in [7, 11) is 0. The molecule has 1 saturated heterocycles. The third-order valence-corrected chi connectivity index (χ3v) is 4.97. The molecule has 0 aliphatic carbocycles.